The van der Waals surface area contributed by atoms with Crippen LogP contribution < -0.4 is 11.1 Å². The number of carbonyl (C=O) groups is 1. The van der Waals surface area contributed by atoms with Gasteiger partial charge in [-0.2, -0.15) is 0 Å². The van der Waals surface area contributed by atoms with Crippen LogP contribution in [0.4, 0.5) is 0 Å². The third kappa shape index (κ3) is 5.38. The molecule has 0 aliphatic heterocycles. The van der Waals surface area contributed by atoms with Crippen molar-refractivity contribution in [1.29, 1.82) is 0 Å². The molecule has 0 aromatic rings. The summed E-state index contributed by atoms with van der Waals surface area (Å²) in [6.45, 7) is 8.14. The van der Waals surface area contributed by atoms with Gasteiger partial charge in [0, 0.05) is 13.0 Å². The summed E-state index contributed by atoms with van der Waals surface area (Å²) >= 11 is 0. The van der Waals surface area contributed by atoms with Gasteiger partial charge in [-0.15, -0.1) is 0 Å². The maximum atomic E-state index is 11.9. The number of rotatable bonds is 7. The second kappa shape index (κ2) is 7.78. The fraction of sp³-hybridized carbons (Fsp3) is 0.933. The average Bonchev–Trinajstić information content (AvgIpc) is 2.70. The lowest BCUT2D eigenvalue weighted by Crippen LogP contribution is -2.33. The van der Waals surface area contributed by atoms with Crippen LogP contribution in [0.15, 0.2) is 0 Å². The highest BCUT2D eigenvalue weighted by atomic mass is 16.1. The van der Waals surface area contributed by atoms with Crippen LogP contribution in [0, 0.1) is 23.7 Å². The van der Waals surface area contributed by atoms with Crippen LogP contribution in [0.3, 0.4) is 0 Å². The molecule has 0 saturated heterocycles. The van der Waals surface area contributed by atoms with Crippen LogP contribution in [0.1, 0.15) is 52.9 Å². The SMILES string of the molecule is CC(C)C[C@H](CN)CC(=O)NCC1CCCC1C. The van der Waals surface area contributed by atoms with Gasteiger partial charge in [0.1, 0.15) is 0 Å². The van der Waals surface area contributed by atoms with E-state index in [2.05, 4.69) is 26.1 Å². The maximum Gasteiger partial charge on any atom is 0.220 e. The lowest BCUT2D eigenvalue weighted by Gasteiger charge is -2.19. The molecule has 0 aromatic carbocycles. The molecule has 106 valence electrons. The molecule has 1 saturated carbocycles. The van der Waals surface area contributed by atoms with Crippen molar-refractivity contribution in [2.75, 3.05) is 13.1 Å². The zero-order valence-corrected chi connectivity index (χ0v) is 12.2. The minimum absolute atomic E-state index is 0.185. The van der Waals surface area contributed by atoms with Crippen LogP contribution in [-0.4, -0.2) is 19.0 Å². The molecule has 3 atom stereocenters. The number of carbonyl (C=O) groups excluding carboxylic acids is 1. The van der Waals surface area contributed by atoms with Gasteiger partial charge in [0.25, 0.3) is 0 Å². The molecule has 0 radical (unpaired) electrons. The van der Waals surface area contributed by atoms with Gasteiger partial charge in [0.15, 0.2) is 0 Å². The highest BCUT2D eigenvalue weighted by Crippen LogP contribution is 2.30. The fourth-order valence-electron chi connectivity index (χ4n) is 3.03. The quantitative estimate of drug-likeness (QED) is 0.733. The molecule has 1 amide bonds. The van der Waals surface area contributed by atoms with Gasteiger partial charge < -0.3 is 11.1 Å². The van der Waals surface area contributed by atoms with Gasteiger partial charge in [0.05, 0.1) is 0 Å². The second-order valence-corrected chi connectivity index (χ2v) is 6.41. The molecule has 1 fully saturated rings. The van der Waals surface area contributed by atoms with E-state index in [-0.39, 0.29) is 5.91 Å². The van der Waals surface area contributed by atoms with E-state index in [1.54, 1.807) is 0 Å². The summed E-state index contributed by atoms with van der Waals surface area (Å²) in [5.41, 5.74) is 5.73. The zero-order valence-electron chi connectivity index (χ0n) is 12.2. The smallest absolute Gasteiger partial charge is 0.220 e. The van der Waals surface area contributed by atoms with E-state index in [4.69, 9.17) is 5.73 Å². The topological polar surface area (TPSA) is 55.1 Å². The van der Waals surface area contributed by atoms with E-state index >= 15 is 0 Å². The predicted molar refractivity (Wildman–Crippen MR) is 76.1 cm³/mol. The first-order chi connectivity index (χ1) is 8.52. The van der Waals surface area contributed by atoms with E-state index in [0.717, 1.165) is 18.9 Å². The van der Waals surface area contributed by atoms with Crippen molar-refractivity contribution in [3.63, 3.8) is 0 Å². The second-order valence-electron chi connectivity index (χ2n) is 6.41. The largest absolute Gasteiger partial charge is 0.356 e. The van der Waals surface area contributed by atoms with Gasteiger partial charge in [-0.25, -0.2) is 0 Å². The summed E-state index contributed by atoms with van der Waals surface area (Å²) in [5.74, 6) is 2.60. The Morgan fingerprint density at radius 3 is 2.61 bits per heavy atom. The molecule has 0 spiro atoms. The van der Waals surface area contributed by atoms with E-state index < -0.39 is 0 Å². The molecule has 2 unspecified atom stereocenters. The van der Waals surface area contributed by atoms with Crippen LogP contribution >= 0.6 is 0 Å². The van der Waals surface area contributed by atoms with E-state index in [0.29, 0.717) is 30.7 Å². The first-order valence-corrected chi connectivity index (χ1v) is 7.49. The van der Waals surface area contributed by atoms with Gasteiger partial charge in [-0.1, -0.05) is 33.6 Å². The maximum absolute atomic E-state index is 11.9. The van der Waals surface area contributed by atoms with Crippen molar-refractivity contribution in [3.8, 4) is 0 Å². The highest BCUT2D eigenvalue weighted by molar-refractivity contribution is 5.76. The molecule has 0 heterocycles. The Hall–Kier alpha value is -0.570. The van der Waals surface area contributed by atoms with Gasteiger partial charge in [-0.05, 0) is 43.1 Å². The Balaban J connectivity index is 2.23. The van der Waals surface area contributed by atoms with Crippen LogP contribution in [0.5, 0.6) is 0 Å². The molecule has 0 bridgehead atoms. The van der Waals surface area contributed by atoms with Crippen LogP contribution in [0.2, 0.25) is 0 Å². The summed E-state index contributed by atoms with van der Waals surface area (Å²) in [7, 11) is 0. The molecule has 0 aromatic heterocycles. The molecule has 3 nitrogen and oxygen atoms in total. The third-order valence-corrected chi connectivity index (χ3v) is 4.21. The molecule has 18 heavy (non-hydrogen) atoms. The number of nitrogens with two attached hydrogens (primary N) is 1. The Bertz CT molecular complexity index is 253. The third-order valence-electron chi connectivity index (χ3n) is 4.21. The lowest BCUT2D eigenvalue weighted by molar-refractivity contribution is -0.122. The molecular weight excluding hydrogens is 224 g/mol. The first-order valence-electron chi connectivity index (χ1n) is 7.49. The van der Waals surface area contributed by atoms with Crippen molar-refractivity contribution in [3.05, 3.63) is 0 Å². The van der Waals surface area contributed by atoms with Crippen molar-refractivity contribution < 1.29 is 4.79 Å². The highest BCUT2D eigenvalue weighted by Gasteiger charge is 2.23. The van der Waals surface area contributed by atoms with Crippen LogP contribution in [0.25, 0.3) is 0 Å². The molecule has 3 heteroatoms. The molecule has 1 aliphatic carbocycles. The zero-order chi connectivity index (χ0) is 13.5. The van der Waals surface area contributed by atoms with Gasteiger partial charge >= 0.3 is 0 Å². The van der Waals surface area contributed by atoms with Crippen molar-refractivity contribution in [2.24, 2.45) is 29.4 Å². The normalized spacial score (nSPS) is 25.4. The van der Waals surface area contributed by atoms with Crippen LogP contribution in [-0.2, 0) is 4.79 Å². The summed E-state index contributed by atoms with van der Waals surface area (Å²) in [6.07, 6.45) is 5.55. The summed E-state index contributed by atoms with van der Waals surface area (Å²) in [4.78, 5) is 11.9. The number of hydrogen-bond acceptors (Lipinski definition) is 2. The van der Waals surface area contributed by atoms with Gasteiger partial charge in [-0.3, -0.25) is 4.79 Å². The molecule has 1 rings (SSSR count). The minimum atomic E-state index is 0.185. The molecule has 1 aliphatic rings. The fourth-order valence-corrected chi connectivity index (χ4v) is 3.03. The number of nitrogens with one attached hydrogen (secondary N) is 1. The summed E-state index contributed by atoms with van der Waals surface area (Å²) < 4.78 is 0. The number of hydrogen-bond donors (Lipinski definition) is 2. The number of amides is 1. The summed E-state index contributed by atoms with van der Waals surface area (Å²) in [6, 6.07) is 0. The van der Waals surface area contributed by atoms with Crippen molar-refractivity contribution >= 4 is 5.91 Å². The monoisotopic (exact) mass is 254 g/mol. The van der Waals surface area contributed by atoms with E-state index in [1.165, 1.54) is 19.3 Å². The predicted octanol–water partition coefficient (Wildman–Crippen LogP) is 2.55. The van der Waals surface area contributed by atoms with E-state index in [1.807, 2.05) is 0 Å². The lowest BCUT2D eigenvalue weighted by atomic mass is 9.93. The Kier molecular flexibility index (Phi) is 6.69. The summed E-state index contributed by atoms with van der Waals surface area (Å²) in [5, 5.41) is 3.10. The Labute approximate surface area is 112 Å². The Morgan fingerprint density at radius 1 is 1.39 bits per heavy atom. The van der Waals surface area contributed by atoms with Crippen molar-refractivity contribution in [2.45, 2.75) is 52.9 Å². The minimum Gasteiger partial charge on any atom is -0.356 e. The van der Waals surface area contributed by atoms with Crippen molar-refractivity contribution in [1.82, 2.24) is 5.32 Å². The van der Waals surface area contributed by atoms with E-state index in [9.17, 15) is 4.79 Å². The standard InChI is InChI=1S/C15H30N2O/c1-11(2)7-13(9-16)8-15(18)17-10-14-6-4-5-12(14)3/h11-14H,4-10,16H2,1-3H3,(H,17,18)/t12?,13-,14?/m0/s1. The average molecular weight is 254 g/mol. The first kappa shape index (κ1) is 15.5. The van der Waals surface area contributed by atoms with Gasteiger partial charge in [0.2, 0.25) is 5.91 Å². The molecular formula is C15H30N2O. The Morgan fingerprint density at radius 2 is 2.11 bits per heavy atom. The molecule has 3 N–H and O–H groups in total.